The number of thiophene rings is 1. The zero-order valence-corrected chi connectivity index (χ0v) is 11.4. The highest BCUT2D eigenvalue weighted by Gasteiger charge is 2.33. The van der Waals surface area contributed by atoms with E-state index in [1.807, 2.05) is 17.5 Å². The van der Waals surface area contributed by atoms with Crippen LogP contribution in [0, 0.1) is 0 Å². The smallest absolute Gasteiger partial charge is 0.399 e. The van der Waals surface area contributed by atoms with E-state index < -0.39 is 11.7 Å². The topological polar surface area (TPSA) is 35.2 Å². The summed E-state index contributed by atoms with van der Waals surface area (Å²) in [7, 11) is 0. The van der Waals surface area contributed by atoms with Crippen LogP contribution < -0.4 is 5.73 Å². The maximum absolute atomic E-state index is 12.9. The van der Waals surface area contributed by atoms with Gasteiger partial charge in [0.15, 0.2) is 0 Å². The standard InChI is InChI=1S/C14H14F3NOS/c15-14(16,17)13-8-11(18)4-3-10(13)9-19-6-5-12-2-1-7-20-12/h1-4,7-8H,5-6,9,18H2. The molecule has 108 valence electrons. The van der Waals surface area contributed by atoms with Gasteiger partial charge in [-0.1, -0.05) is 12.1 Å². The van der Waals surface area contributed by atoms with E-state index >= 15 is 0 Å². The molecule has 2 nitrogen and oxygen atoms in total. The van der Waals surface area contributed by atoms with Gasteiger partial charge in [0.1, 0.15) is 0 Å². The summed E-state index contributed by atoms with van der Waals surface area (Å²) < 4.78 is 43.9. The minimum Gasteiger partial charge on any atom is -0.399 e. The van der Waals surface area contributed by atoms with Crippen LogP contribution in [0.25, 0.3) is 0 Å². The fraction of sp³-hybridized carbons (Fsp3) is 0.286. The molecule has 0 spiro atoms. The number of nitrogens with two attached hydrogens (primary N) is 1. The second kappa shape index (κ2) is 6.28. The average Bonchev–Trinajstić information content (AvgIpc) is 2.88. The number of ether oxygens (including phenoxy) is 1. The van der Waals surface area contributed by atoms with Crippen LogP contribution in [0.2, 0.25) is 0 Å². The van der Waals surface area contributed by atoms with Crippen molar-refractivity contribution in [3.63, 3.8) is 0 Å². The molecule has 1 aromatic carbocycles. The fourth-order valence-electron chi connectivity index (χ4n) is 1.79. The summed E-state index contributed by atoms with van der Waals surface area (Å²) in [4.78, 5) is 1.15. The molecule has 0 radical (unpaired) electrons. The van der Waals surface area contributed by atoms with Gasteiger partial charge in [-0.15, -0.1) is 11.3 Å². The molecule has 1 heterocycles. The van der Waals surface area contributed by atoms with Gasteiger partial charge < -0.3 is 10.5 Å². The Labute approximate surface area is 119 Å². The van der Waals surface area contributed by atoms with Gasteiger partial charge in [-0.25, -0.2) is 0 Å². The summed E-state index contributed by atoms with van der Waals surface area (Å²) in [5.41, 5.74) is 4.88. The molecule has 0 saturated heterocycles. The van der Waals surface area contributed by atoms with Crippen LogP contribution in [-0.2, 0) is 23.9 Å². The minimum atomic E-state index is -4.41. The van der Waals surface area contributed by atoms with Crippen LogP contribution in [0.3, 0.4) is 0 Å². The lowest BCUT2D eigenvalue weighted by Gasteiger charge is -2.13. The SMILES string of the molecule is Nc1ccc(COCCc2cccs2)c(C(F)(F)F)c1. The highest BCUT2D eigenvalue weighted by atomic mass is 32.1. The Kier molecular flexibility index (Phi) is 4.67. The van der Waals surface area contributed by atoms with Crippen molar-refractivity contribution in [1.82, 2.24) is 0 Å². The van der Waals surface area contributed by atoms with Crippen LogP contribution in [0.15, 0.2) is 35.7 Å². The molecule has 2 rings (SSSR count). The third-order valence-corrected chi connectivity index (χ3v) is 3.71. The maximum Gasteiger partial charge on any atom is 0.416 e. The van der Waals surface area contributed by atoms with Crippen molar-refractivity contribution in [1.29, 1.82) is 0 Å². The van der Waals surface area contributed by atoms with E-state index in [4.69, 9.17) is 10.5 Å². The summed E-state index contributed by atoms with van der Waals surface area (Å²) in [6.07, 6.45) is -3.71. The van der Waals surface area contributed by atoms with Crippen LogP contribution in [0.4, 0.5) is 18.9 Å². The van der Waals surface area contributed by atoms with Crippen molar-refractivity contribution in [2.24, 2.45) is 0 Å². The Morgan fingerprint density at radius 3 is 2.65 bits per heavy atom. The van der Waals surface area contributed by atoms with Gasteiger partial charge in [-0.2, -0.15) is 13.2 Å². The molecule has 2 aromatic rings. The summed E-state index contributed by atoms with van der Waals surface area (Å²) in [6.45, 7) is 0.322. The molecule has 0 atom stereocenters. The van der Waals surface area contributed by atoms with Gasteiger partial charge in [0.2, 0.25) is 0 Å². The first kappa shape index (κ1) is 14.9. The van der Waals surface area contributed by atoms with E-state index in [9.17, 15) is 13.2 Å². The Balaban J connectivity index is 1.95. The van der Waals surface area contributed by atoms with E-state index in [1.54, 1.807) is 11.3 Å². The van der Waals surface area contributed by atoms with Crippen molar-refractivity contribution >= 4 is 17.0 Å². The Bertz CT molecular complexity index is 552. The molecule has 0 unspecified atom stereocenters. The van der Waals surface area contributed by atoms with Crippen molar-refractivity contribution in [3.8, 4) is 0 Å². The number of benzene rings is 1. The zero-order chi connectivity index (χ0) is 14.6. The quantitative estimate of drug-likeness (QED) is 0.666. The first-order chi connectivity index (χ1) is 9.47. The van der Waals surface area contributed by atoms with Crippen molar-refractivity contribution in [3.05, 3.63) is 51.7 Å². The van der Waals surface area contributed by atoms with Crippen LogP contribution >= 0.6 is 11.3 Å². The second-order valence-corrected chi connectivity index (χ2v) is 5.33. The monoisotopic (exact) mass is 301 g/mol. The van der Waals surface area contributed by atoms with Gasteiger partial charge in [-0.05, 0) is 29.1 Å². The number of anilines is 1. The van der Waals surface area contributed by atoms with Gasteiger partial charge >= 0.3 is 6.18 Å². The molecule has 2 N–H and O–H groups in total. The van der Waals surface area contributed by atoms with E-state index in [2.05, 4.69) is 0 Å². The number of halogens is 3. The number of hydrogen-bond donors (Lipinski definition) is 1. The number of hydrogen-bond acceptors (Lipinski definition) is 3. The third kappa shape index (κ3) is 3.98. The molecule has 0 saturated carbocycles. The lowest BCUT2D eigenvalue weighted by atomic mass is 10.1. The summed E-state index contributed by atoms with van der Waals surface area (Å²) >= 11 is 1.60. The van der Waals surface area contributed by atoms with Gasteiger partial charge in [0.05, 0.1) is 18.8 Å². The van der Waals surface area contributed by atoms with Crippen LogP contribution in [0.1, 0.15) is 16.0 Å². The first-order valence-corrected chi connectivity index (χ1v) is 6.90. The van der Waals surface area contributed by atoms with E-state index in [0.29, 0.717) is 13.0 Å². The molecule has 0 amide bonds. The van der Waals surface area contributed by atoms with Crippen LogP contribution in [0.5, 0.6) is 0 Å². The lowest BCUT2D eigenvalue weighted by molar-refractivity contribution is -0.138. The highest BCUT2D eigenvalue weighted by molar-refractivity contribution is 7.09. The van der Waals surface area contributed by atoms with E-state index in [1.165, 1.54) is 12.1 Å². The number of nitrogen functional groups attached to an aromatic ring is 1. The summed E-state index contributed by atoms with van der Waals surface area (Å²) in [5.74, 6) is 0. The molecule has 0 aliphatic carbocycles. The van der Waals surface area contributed by atoms with E-state index in [0.717, 1.165) is 10.9 Å². The van der Waals surface area contributed by atoms with Crippen LogP contribution in [-0.4, -0.2) is 6.61 Å². The molecule has 0 fully saturated rings. The van der Waals surface area contributed by atoms with Crippen molar-refractivity contribution in [2.45, 2.75) is 19.2 Å². The molecule has 1 aromatic heterocycles. The molecular formula is C14H14F3NOS. The molecule has 6 heteroatoms. The fourth-order valence-corrected chi connectivity index (χ4v) is 2.48. The van der Waals surface area contributed by atoms with Gasteiger partial charge in [0, 0.05) is 17.0 Å². The maximum atomic E-state index is 12.9. The third-order valence-electron chi connectivity index (χ3n) is 2.77. The molecule has 20 heavy (non-hydrogen) atoms. The second-order valence-electron chi connectivity index (χ2n) is 4.30. The average molecular weight is 301 g/mol. The molecular weight excluding hydrogens is 287 g/mol. The zero-order valence-electron chi connectivity index (χ0n) is 10.6. The Hall–Kier alpha value is -1.53. The molecule has 0 aliphatic rings. The first-order valence-electron chi connectivity index (χ1n) is 6.02. The van der Waals surface area contributed by atoms with Gasteiger partial charge in [0.25, 0.3) is 0 Å². The largest absolute Gasteiger partial charge is 0.416 e. The number of rotatable bonds is 5. The van der Waals surface area contributed by atoms with Crippen molar-refractivity contribution in [2.75, 3.05) is 12.3 Å². The minimum absolute atomic E-state index is 0.0689. The Morgan fingerprint density at radius 1 is 1.20 bits per heavy atom. The normalized spacial score (nSPS) is 11.8. The van der Waals surface area contributed by atoms with Crippen molar-refractivity contribution < 1.29 is 17.9 Å². The number of alkyl halides is 3. The predicted molar refractivity (Wildman–Crippen MR) is 73.5 cm³/mol. The van der Waals surface area contributed by atoms with Gasteiger partial charge in [-0.3, -0.25) is 0 Å². The molecule has 0 aliphatic heterocycles. The highest BCUT2D eigenvalue weighted by Crippen LogP contribution is 2.33. The van der Waals surface area contributed by atoms with E-state index in [-0.39, 0.29) is 17.9 Å². The predicted octanol–water partition coefficient (Wildman–Crippen LogP) is 4.11. The Morgan fingerprint density at radius 2 is 2.00 bits per heavy atom. The summed E-state index contributed by atoms with van der Waals surface area (Å²) in [5, 5.41) is 1.96. The lowest BCUT2D eigenvalue weighted by Crippen LogP contribution is -2.11. The summed E-state index contributed by atoms with van der Waals surface area (Å²) in [6, 6.07) is 7.66. The molecule has 0 bridgehead atoms.